The normalized spacial score (nSPS) is 11.6. The van der Waals surface area contributed by atoms with E-state index in [0.29, 0.717) is 11.8 Å². The van der Waals surface area contributed by atoms with Crippen molar-refractivity contribution in [3.8, 4) is 66.8 Å². The van der Waals surface area contributed by atoms with Gasteiger partial charge in [-0.15, -0.1) is 0 Å². The van der Waals surface area contributed by atoms with Crippen LogP contribution in [0.1, 0.15) is 135 Å². The van der Waals surface area contributed by atoms with E-state index >= 15 is 0 Å². The fourth-order valence-corrected chi connectivity index (χ4v) is 20.1. The van der Waals surface area contributed by atoms with Gasteiger partial charge >= 0.3 is 0 Å². The van der Waals surface area contributed by atoms with Crippen LogP contribution in [0, 0.1) is 41.5 Å². The summed E-state index contributed by atoms with van der Waals surface area (Å²) in [6.07, 6.45) is 0. The topological polar surface area (TPSA) is 18.5 Å². The van der Waals surface area contributed by atoms with E-state index in [0.717, 1.165) is 34.1 Å². The lowest BCUT2D eigenvalue weighted by Gasteiger charge is -2.34. The first kappa shape index (κ1) is 84.7. The van der Waals surface area contributed by atoms with Crippen LogP contribution in [0.4, 0.5) is 45.5 Å². The van der Waals surface area contributed by atoms with Crippen LogP contribution in [0.2, 0.25) is 0 Å². The van der Waals surface area contributed by atoms with Gasteiger partial charge in [0.05, 0.1) is 11.4 Å². The van der Waals surface area contributed by atoms with Crippen molar-refractivity contribution in [2.45, 2.75) is 121 Å². The maximum atomic E-state index is 3.81. The predicted octanol–water partition coefficient (Wildman–Crippen LogP) is 37.4. The van der Waals surface area contributed by atoms with E-state index in [-0.39, 0.29) is 11.8 Å². The molecule has 0 aliphatic heterocycles. The second-order valence-corrected chi connectivity index (χ2v) is 37.4. The summed E-state index contributed by atoms with van der Waals surface area (Å²) in [5, 5.41) is 19.5. The van der Waals surface area contributed by atoms with E-state index in [1.54, 1.807) is 0 Å². The molecule has 20 aromatic carbocycles. The van der Waals surface area contributed by atoms with E-state index in [1.807, 2.05) is 0 Å². The third-order valence-corrected chi connectivity index (χ3v) is 27.3. The molecule has 0 amide bonds. The van der Waals surface area contributed by atoms with Crippen LogP contribution in [0.3, 0.4) is 0 Å². The van der Waals surface area contributed by atoms with Crippen molar-refractivity contribution in [2.75, 3.05) is 15.1 Å². The molecule has 0 aliphatic rings. The zero-order valence-corrected chi connectivity index (χ0v) is 78.3. The third-order valence-electron chi connectivity index (χ3n) is 25.9. The number of hydrogen-bond donors (Lipinski definition) is 1. The molecule has 0 unspecified atom stereocenters. The first-order valence-corrected chi connectivity index (χ1v) is 46.4. The van der Waals surface area contributed by atoms with Gasteiger partial charge in [0.15, 0.2) is 0 Å². The quantitative estimate of drug-likeness (QED) is 0.0864. The van der Waals surface area contributed by atoms with E-state index in [1.165, 1.54) is 207 Å². The molecule has 624 valence electrons. The van der Waals surface area contributed by atoms with Crippen LogP contribution in [0.5, 0.6) is 0 Å². The molecular weight excluding hydrogens is 1670 g/mol. The van der Waals surface area contributed by atoms with Gasteiger partial charge in [0, 0.05) is 53.8 Å². The molecule has 0 saturated carbocycles. The lowest BCUT2D eigenvalue weighted by atomic mass is 9.83. The Hall–Kier alpha value is -13.2. The predicted molar refractivity (Wildman–Crippen MR) is 559 cm³/mol. The minimum Gasteiger partial charge on any atom is -0.355 e. The summed E-state index contributed by atoms with van der Waals surface area (Å²) in [6, 6.07) is 134. The Bertz CT molecular complexity index is 6800. The highest BCUT2D eigenvalue weighted by Gasteiger charge is 2.30. The molecule has 0 aromatic heterocycles. The summed E-state index contributed by atoms with van der Waals surface area (Å²) in [5.74, 6) is 1.48. The monoisotopic (exact) mass is 1770 g/mol. The maximum absolute atomic E-state index is 3.81. The van der Waals surface area contributed by atoms with Gasteiger partial charge in [0.1, 0.15) is 0 Å². The number of hydrogen-bond acceptors (Lipinski definition) is 3. The van der Waals surface area contributed by atoms with Crippen molar-refractivity contribution in [1.82, 2.24) is 0 Å². The van der Waals surface area contributed by atoms with E-state index < -0.39 is 0 Å². The van der Waals surface area contributed by atoms with Crippen LogP contribution in [-0.4, -0.2) is 0 Å². The summed E-state index contributed by atoms with van der Waals surface area (Å²) in [5.41, 5.74) is 36.6. The van der Waals surface area contributed by atoms with Crippen LogP contribution in [-0.2, 0) is 0 Å². The summed E-state index contributed by atoms with van der Waals surface area (Å²) in [6.45, 7) is 31.9. The first-order valence-electron chi connectivity index (χ1n) is 44.8. The highest BCUT2D eigenvalue weighted by molar-refractivity contribution is 9.11. The molecule has 20 rings (SSSR count). The van der Waals surface area contributed by atoms with Crippen molar-refractivity contribution >= 4 is 142 Å². The van der Waals surface area contributed by atoms with Crippen molar-refractivity contribution in [3.05, 3.63) is 429 Å². The number of nitrogens with one attached hydrogen (secondary N) is 1. The molecule has 0 heterocycles. The van der Waals surface area contributed by atoms with Gasteiger partial charge in [-0.05, 0) is 302 Å². The molecule has 0 saturated heterocycles. The SMILES string of the molecule is CC(C)c1cc(Br)c2ccc3c(C(C)C)cc(Br)c4ccc1c2c43.Cc1ccc(-c2ccccc2)cc1N(c1cc(-c2ccccc2)ccc1C)c1cc(C(C)C)c2ccc3c(N(c4cc(-c5ccccc5)ccc4C)c4cc(-c5ccccc5)ccc4C)cc(C(C)C)c4ccc1c2c43.Cc1ccc(-c2ccccc2)cc1Nc1cc(-c2ccccc2)ccc1C. The van der Waals surface area contributed by atoms with Crippen molar-refractivity contribution in [1.29, 1.82) is 0 Å². The first-order chi connectivity index (χ1) is 61.6. The maximum Gasteiger partial charge on any atom is 0.0543 e. The molecule has 0 fully saturated rings. The molecule has 0 aliphatic carbocycles. The average Bonchev–Trinajstić information content (AvgIpc) is 0.704. The summed E-state index contributed by atoms with van der Waals surface area (Å²) < 4.78 is 2.39. The smallest absolute Gasteiger partial charge is 0.0543 e. The molecule has 20 aromatic rings. The Morgan fingerprint density at radius 2 is 0.394 bits per heavy atom. The highest BCUT2D eigenvalue weighted by atomic mass is 79.9. The number of nitrogens with zero attached hydrogens (tertiary/aromatic N) is 2. The lowest BCUT2D eigenvalue weighted by molar-refractivity contribution is 0.875. The fourth-order valence-electron chi connectivity index (χ4n) is 18.9. The third kappa shape index (κ3) is 16.6. The zero-order chi connectivity index (χ0) is 88.0. The van der Waals surface area contributed by atoms with Gasteiger partial charge in [-0.25, -0.2) is 0 Å². The van der Waals surface area contributed by atoms with Gasteiger partial charge in [-0.2, -0.15) is 0 Å². The molecule has 3 nitrogen and oxygen atoms in total. The molecular formula is C122H107Br2N3. The van der Waals surface area contributed by atoms with Crippen LogP contribution in [0.15, 0.2) is 373 Å². The van der Waals surface area contributed by atoms with Gasteiger partial charge < -0.3 is 15.1 Å². The number of anilines is 8. The number of rotatable bonds is 18. The van der Waals surface area contributed by atoms with Crippen molar-refractivity contribution in [3.63, 3.8) is 0 Å². The van der Waals surface area contributed by atoms with Crippen molar-refractivity contribution < 1.29 is 0 Å². The highest BCUT2D eigenvalue weighted by Crippen LogP contribution is 2.55. The fraction of sp³-hybridized carbons (Fsp3) is 0.148. The minimum absolute atomic E-state index is 0.242. The van der Waals surface area contributed by atoms with E-state index in [4.69, 9.17) is 0 Å². The Morgan fingerprint density at radius 1 is 0.189 bits per heavy atom. The molecule has 0 radical (unpaired) electrons. The number of halogens is 2. The second-order valence-electron chi connectivity index (χ2n) is 35.7. The Kier molecular flexibility index (Phi) is 24.0. The van der Waals surface area contributed by atoms with Crippen molar-refractivity contribution in [2.24, 2.45) is 0 Å². The van der Waals surface area contributed by atoms with Crippen LogP contribution < -0.4 is 15.1 Å². The van der Waals surface area contributed by atoms with E-state index in [2.05, 4.69) is 508 Å². The Balaban J connectivity index is 0.000000172. The minimum atomic E-state index is 0.242. The van der Waals surface area contributed by atoms with Crippen LogP contribution in [0.25, 0.3) is 131 Å². The second kappa shape index (κ2) is 36.1. The zero-order valence-electron chi connectivity index (χ0n) is 75.1. The summed E-state index contributed by atoms with van der Waals surface area (Å²) in [4.78, 5) is 5.18. The largest absolute Gasteiger partial charge is 0.355 e. The number of aryl methyl sites for hydroxylation is 6. The summed E-state index contributed by atoms with van der Waals surface area (Å²) >= 11 is 7.63. The molecule has 0 spiro atoms. The van der Waals surface area contributed by atoms with Gasteiger partial charge in [-0.1, -0.05) is 391 Å². The number of benzene rings is 20. The molecule has 127 heavy (non-hydrogen) atoms. The van der Waals surface area contributed by atoms with Gasteiger partial charge in [0.25, 0.3) is 0 Å². The Morgan fingerprint density at radius 3 is 0.638 bits per heavy atom. The van der Waals surface area contributed by atoms with E-state index in [9.17, 15) is 0 Å². The molecule has 1 N–H and O–H groups in total. The van der Waals surface area contributed by atoms with Crippen LogP contribution >= 0.6 is 31.9 Å². The summed E-state index contributed by atoms with van der Waals surface area (Å²) in [7, 11) is 0. The average molecular weight is 1780 g/mol. The lowest BCUT2D eigenvalue weighted by Crippen LogP contribution is -2.15. The molecule has 5 heteroatoms. The van der Waals surface area contributed by atoms with Gasteiger partial charge in [-0.3, -0.25) is 0 Å². The van der Waals surface area contributed by atoms with Gasteiger partial charge in [0.2, 0.25) is 0 Å². The standard InChI is InChI=1S/C74H64N2.C26H23N.C22H20Br2/c1-47(2)65-45-71(75(67-41-57(33-29-49(67)5)53-21-13-9-14-22-53)68-42-58(34-30-50(68)6)54-23-15-10-16-24-54)63-40-38-62-66(48(3)4)46-72(64-39-37-61(65)73(63)74(62)64)76(69-43-59(35-31-51(69)7)55-25-17-11-18-26-55)70-44-60(36-32-52(70)8)56-27-19-12-20-28-56;1-19-13-15-23(21-9-5-3-6-10-21)17-25(19)27-26-18-24(16-14-20(26)2)22-11-7-4-8-12-22;1-11(2)17-9-19(23)15-8-6-14-18(12(3)4)10-20(24)16-7-5-13(17)21(15)22(14)16/h9-48H,1-8H3;3-18,27H,1-2H3;5-12H,1-4H3. The molecule has 0 bridgehead atoms. The molecule has 0 atom stereocenters. The Labute approximate surface area is 767 Å².